The van der Waals surface area contributed by atoms with E-state index in [1.54, 1.807) is 24.3 Å². The first kappa shape index (κ1) is 15.2. The quantitative estimate of drug-likeness (QED) is 0.900. The van der Waals surface area contributed by atoms with Crippen LogP contribution in [-0.4, -0.2) is 11.4 Å². The fraction of sp³-hybridized carbons (Fsp3) is 0.500. The molecule has 0 aliphatic heterocycles. The van der Waals surface area contributed by atoms with Crippen LogP contribution in [0.5, 0.6) is 0 Å². The number of nitrogens with one attached hydrogen (secondary N) is 1. The van der Waals surface area contributed by atoms with Gasteiger partial charge in [0.1, 0.15) is 0 Å². The Balaban J connectivity index is 2.92. The van der Waals surface area contributed by atoms with E-state index >= 15 is 0 Å². The molecule has 1 aromatic rings. The minimum absolute atomic E-state index is 0.0885. The Bertz CT molecular complexity index is 472. The maximum Gasteiger partial charge on any atom is 0.251 e. The van der Waals surface area contributed by atoms with Crippen molar-refractivity contribution in [1.82, 2.24) is 5.32 Å². The van der Waals surface area contributed by atoms with Gasteiger partial charge in [0.2, 0.25) is 0 Å². The van der Waals surface area contributed by atoms with Crippen molar-refractivity contribution < 1.29 is 4.79 Å². The third kappa shape index (κ3) is 3.35. The molecule has 0 fully saturated rings. The molecule has 0 heterocycles. The second-order valence-electron chi connectivity index (χ2n) is 5.74. The molecular weight excluding hydrogens is 236 g/mol. The van der Waals surface area contributed by atoms with Crippen LogP contribution in [0.4, 0.5) is 0 Å². The predicted molar refractivity (Wildman–Crippen MR) is 76.7 cm³/mol. The third-order valence-electron chi connectivity index (χ3n) is 4.06. The van der Waals surface area contributed by atoms with E-state index in [0.29, 0.717) is 23.0 Å². The van der Waals surface area contributed by atoms with Crippen molar-refractivity contribution in [3.8, 4) is 6.07 Å². The lowest BCUT2D eigenvalue weighted by molar-refractivity contribution is 0.0829. The highest BCUT2D eigenvalue weighted by Crippen LogP contribution is 2.26. The minimum Gasteiger partial charge on any atom is -0.346 e. The monoisotopic (exact) mass is 258 g/mol. The summed E-state index contributed by atoms with van der Waals surface area (Å²) in [6.45, 7) is 10.5. The number of hydrogen-bond acceptors (Lipinski definition) is 2. The lowest BCUT2D eigenvalue weighted by atomic mass is 9.78. The average molecular weight is 258 g/mol. The molecule has 0 saturated carbocycles. The van der Waals surface area contributed by atoms with Gasteiger partial charge >= 0.3 is 0 Å². The second kappa shape index (κ2) is 5.88. The summed E-state index contributed by atoms with van der Waals surface area (Å²) in [7, 11) is 0. The molecule has 0 bridgehead atoms. The topological polar surface area (TPSA) is 52.9 Å². The van der Waals surface area contributed by atoms with E-state index in [9.17, 15) is 4.79 Å². The van der Waals surface area contributed by atoms with Crippen LogP contribution in [0.1, 0.15) is 50.5 Å². The summed E-state index contributed by atoms with van der Waals surface area (Å²) in [6, 6.07) is 8.75. The number of nitriles is 1. The van der Waals surface area contributed by atoms with Crippen LogP contribution in [0.3, 0.4) is 0 Å². The van der Waals surface area contributed by atoms with E-state index in [1.807, 2.05) is 6.07 Å². The molecule has 0 saturated heterocycles. The fourth-order valence-electron chi connectivity index (χ4n) is 1.97. The first-order valence-electron chi connectivity index (χ1n) is 6.64. The van der Waals surface area contributed by atoms with Crippen LogP contribution in [0, 0.1) is 23.2 Å². The zero-order valence-electron chi connectivity index (χ0n) is 12.3. The Morgan fingerprint density at radius 1 is 1.16 bits per heavy atom. The summed E-state index contributed by atoms with van der Waals surface area (Å²) in [4.78, 5) is 12.3. The van der Waals surface area contributed by atoms with Gasteiger partial charge in [0.25, 0.3) is 5.91 Å². The molecule has 0 aromatic heterocycles. The van der Waals surface area contributed by atoms with Gasteiger partial charge in [-0.3, -0.25) is 4.79 Å². The molecule has 0 aliphatic carbocycles. The largest absolute Gasteiger partial charge is 0.346 e. The second-order valence-corrected chi connectivity index (χ2v) is 5.74. The van der Waals surface area contributed by atoms with E-state index in [1.165, 1.54) is 0 Å². The Morgan fingerprint density at radius 3 is 2.00 bits per heavy atom. The maximum absolute atomic E-state index is 12.3. The van der Waals surface area contributed by atoms with Gasteiger partial charge in [0.05, 0.1) is 11.6 Å². The first-order valence-corrected chi connectivity index (χ1v) is 6.64. The van der Waals surface area contributed by atoms with Crippen molar-refractivity contribution in [1.29, 1.82) is 5.26 Å². The molecule has 3 nitrogen and oxygen atoms in total. The molecule has 0 atom stereocenters. The van der Waals surface area contributed by atoms with Crippen molar-refractivity contribution in [2.45, 2.75) is 40.2 Å². The van der Waals surface area contributed by atoms with E-state index in [4.69, 9.17) is 5.26 Å². The average Bonchev–Trinajstić information content (AvgIpc) is 2.38. The van der Waals surface area contributed by atoms with E-state index < -0.39 is 0 Å². The number of benzene rings is 1. The van der Waals surface area contributed by atoms with Crippen LogP contribution in [-0.2, 0) is 0 Å². The summed E-state index contributed by atoms with van der Waals surface area (Å²) in [5.74, 6) is 0.596. The van der Waals surface area contributed by atoms with Gasteiger partial charge in [-0.25, -0.2) is 0 Å². The summed E-state index contributed by atoms with van der Waals surface area (Å²) in [5.41, 5.74) is 0.906. The lowest BCUT2D eigenvalue weighted by Crippen LogP contribution is -2.53. The van der Waals surface area contributed by atoms with Crippen LogP contribution >= 0.6 is 0 Å². The highest BCUT2D eigenvalue weighted by atomic mass is 16.1. The number of hydrogen-bond donors (Lipinski definition) is 1. The van der Waals surface area contributed by atoms with Crippen molar-refractivity contribution in [2.75, 3.05) is 0 Å². The van der Waals surface area contributed by atoms with Crippen molar-refractivity contribution in [3.63, 3.8) is 0 Å². The number of amides is 1. The Labute approximate surface area is 115 Å². The van der Waals surface area contributed by atoms with Gasteiger partial charge < -0.3 is 5.32 Å². The lowest BCUT2D eigenvalue weighted by Gasteiger charge is -2.38. The Kier molecular flexibility index (Phi) is 4.72. The smallest absolute Gasteiger partial charge is 0.251 e. The predicted octanol–water partition coefficient (Wildman–Crippen LogP) is 3.36. The fourth-order valence-corrected chi connectivity index (χ4v) is 1.97. The highest BCUT2D eigenvalue weighted by molar-refractivity contribution is 5.94. The molecule has 0 aliphatic rings. The standard InChI is InChI=1S/C16H22N2O/c1-11(2)16(5,12(3)4)18-15(19)14-8-6-13(10-17)7-9-14/h6-9,11-12H,1-5H3,(H,18,19). The minimum atomic E-state index is -0.245. The zero-order chi connectivity index (χ0) is 14.6. The van der Waals surface area contributed by atoms with Crippen LogP contribution in [0.2, 0.25) is 0 Å². The van der Waals surface area contributed by atoms with E-state index in [-0.39, 0.29) is 11.4 Å². The molecule has 0 spiro atoms. The van der Waals surface area contributed by atoms with Gasteiger partial charge in [0.15, 0.2) is 0 Å². The van der Waals surface area contributed by atoms with Gasteiger partial charge in [-0.05, 0) is 43.0 Å². The Hall–Kier alpha value is -1.82. The van der Waals surface area contributed by atoms with E-state index in [2.05, 4.69) is 39.9 Å². The van der Waals surface area contributed by atoms with Crippen molar-refractivity contribution >= 4 is 5.91 Å². The van der Waals surface area contributed by atoms with Gasteiger partial charge in [-0.2, -0.15) is 5.26 Å². The zero-order valence-corrected chi connectivity index (χ0v) is 12.3. The van der Waals surface area contributed by atoms with Crippen LogP contribution in [0.15, 0.2) is 24.3 Å². The third-order valence-corrected chi connectivity index (χ3v) is 4.06. The summed E-state index contributed by atoms with van der Waals surface area (Å²) >= 11 is 0. The summed E-state index contributed by atoms with van der Waals surface area (Å²) in [5, 5.41) is 11.9. The van der Waals surface area contributed by atoms with Crippen molar-refractivity contribution in [3.05, 3.63) is 35.4 Å². The van der Waals surface area contributed by atoms with Gasteiger partial charge in [-0.15, -0.1) is 0 Å². The van der Waals surface area contributed by atoms with Crippen molar-refractivity contribution in [2.24, 2.45) is 11.8 Å². The normalized spacial score (nSPS) is 11.5. The van der Waals surface area contributed by atoms with Crippen LogP contribution in [0.25, 0.3) is 0 Å². The molecule has 0 unspecified atom stereocenters. The molecule has 1 aromatic carbocycles. The molecule has 102 valence electrons. The molecule has 1 N–H and O–H groups in total. The van der Waals surface area contributed by atoms with Gasteiger partial charge in [0, 0.05) is 11.1 Å². The first-order chi connectivity index (χ1) is 8.81. The molecule has 3 heteroatoms. The summed E-state index contributed by atoms with van der Waals surface area (Å²) < 4.78 is 0. The van der Waals surface area contributed by atoms with Gasteiger partial charge in [-0.1, -0.05) is 27.7 Å². The molecule has 1 rings (SSSR count). The summed E-state index contributed by atoms with van der Waals surface area (Å²) in [6.07, 6.45) is 0. The molecule has 1 amide bonds. The number of nitrogens with zero attached hydrogens (tertiary/aromatic N) is 1. The maximum atomic E-state index is 12.3. The highest BCUT2D eigenvalue weighted by Gasteiger charge is 2.33. The number of rotatable bonds is 4. The molecule has 0 radical (unpaired) electrons. The molecular formula is C16H22N2O. The number of carbonyl (C=O) groups is 1. The van der Waals surface area contributed by atoms with Crippen LogP contribution < -0.4 is 5.32 Å². The molecule has 19 heavy (non-hydrogen) atoms. The van der Waals surface area contributed by atoms with E-state index in [0.717, 1.165) is 0 Å². The Morgan fingerprint density at radius 2 is 1.63 bits per heavy atom. The SMILES string of the molecule is CC(C)C(C)(NC(=O)c1ccc(C#N)cc1)C(C)C. The number of carbonyl (C=O) groups excluding carboxylic acids is 1.